The minimum Gasteiger partial charge on any atom is -0.490 e. The molecule has 5 rings (SSSR count). The Morgan fingerprint density at radius 1 is 0.881 bits per heavy atom. The van der Waals surface area contributed by atoms with E-state index in [0.717, 1.165) is 30.0 Å². The second-order valence-electron chi connectivity index (χ2n) is 15.6. The first kappa shape index (κ1) is 44.4. The third-order valence-electron chi connectivity index (χ3n) is 10.7. The number of unbranched alkanes of at least 4 members (excludes halogenated alkanes) is 2. The maximum atomic E-state index is 14.5. The number of fused-ring (bicyclic) bond motifs is 2. The van der Waals surface area contributed by atoms with E-state index in [0.29, 0.717) is 60.8 Å². The zero-order valence-corrected chi connectivity index (χ0v) is 34.7. The number of nitrogens with zero attached hydrogens (tertiary/aromatic N) is 2. The van der Waals surface area contributed by atoms with E-state index in [1.165, 1.54) is 0 Å². The smallest absolute Gasteiger partial charge is 0.321 e. The van der Waals surface area contributed by atoms with Crippen LogP contribution in [0.25, 0.3) is 10.8 Å². The fraction of sp³-hybridized carbons (Fsp3) is 0.435. The Hall–Kier alpha value is -5.66. The topological polar surface area (TPSA) is 176 Å². The third kappa shape index (κ3) is 12.9. The summed E-state index contributed by atoms with van der Waals surface area (Å²) >= 11 is 0. The second-order valence-corrected chi connectivity index (χ2v) is 15.6. The molecule has 5 amide bonds. The third-order valence-corrected chi connectivity index (χ3v) is 10.7. The van der Waals surface area contributed by atoms with Gasteiger partial charge in [0.15, 0.2) is 0 Å². The van der Waals surface area contributed by atoms with Gasteiger partial charge in [0.2, 0.25) is 11.8 Å². The number of nitrogens with two attached hydrogens (primary N) is 1. The van der Waals surface area contributed by atoms with Gasteiger partial charge < -0.3 is 46.1 Å². The van der Waals surface area contributed by atoms with Crippen LogP contribution in [0.3, 0.4) is 0 Å². The molecule has 1 aliphatic heterocycles. The highest BCUT2D eigenvalue weighted by atomic mass is 16.5. The van der Waals surface area contributed by atoms with E-state index in [4.69, 9.17) is 15.2 Å². The molecule has 4 aromatic carbocycles. The largest absolute Gasteiger partial charge is 0.490 e. The molecule has 13 nitrogen and oxygen atoms in total. The maximum Gasteiger partial charge on any atom is 0.321 e. The number of amides is 5. The lowest BCUT2D eigenvalue weighted by molar-refractivity contribution is -0.116. The number of anilines is 4. The number of hydrogen-bond donors (Lipinski definition) is 5. The monoisotopic (exact) mass is 808 g/mol. The van der Waals surface area contributed by atoms with Gasteiger partial charge >= 0.3 is 6.03 Å². The number of aliphatic hydroxyl groups is 1. The van der Waals surface area contributed by atoms with E-state index in [1.807, 2.05) is 62.4 Å². The quantitative estimate of drug-likeness (QED) is 0.0669. The van der Waals surface area contributed by atoms with Crippen LogP contribution in [0.4, 0.5) is 27.5 Å². The molecule has 0 bridgehead atoms. The van der Waals surface area contributed by atoms with Gasteiger partial charge in [-0.2, -0.15) is 0 Å². The lowest BCUT2D eigenvalue weighted by atomic mass is 10.0. The highest BCUT2D eigenvalue weighted by molar-refractivity contribution is 6.02. The summed E-state index contributed by atoms with van der Waals surface area (Å²) in [4.78, 5) is 56.7. The zero-order valence-electron chi connectivity index (χ0n) is 34.7. The van der Waals surface area contributed by atoms with Gasteiger partial charge in [-0.05, 0) is 87.7 Å². The summed E-state index contributed by atoms with van der Waals surface area (Å²) in [6.45, 7) is 6.43. The van der Waals surface area contributed by atoms with Crippen molar-refractivity contribution >= 4 is 57.3 Å². The normalized spacial score (nSPS) is 18.2. The van der Waals surface area contributed by atoms with Crippen LogP contribution in [0.5, 0.6) is 5.75 Å². The predicted molar refractivity (Wildman–Crippen MR) is 234 cm³/mol. The Labute approximate surface area is 347 Å². The highest BCUT2D eigenvalue weighted by Crippen LogP contribution is 2.29. The van der Waals surface area contributed by atoms with Crippen LogP contribution < -0.4 is 26.4 Å². The van der Waals surface area contributed by atoms with Crippen molar-refractivity contribution in [1.29, 1.82) is 0 Å². The van der Waals surface area contributed by atoms with E-state index >= 15 is 0 Å². The predicted octanol–water partition coefficient (Wildman–Crippen LogP) is 7.91. The van der Waals surface area contributed by atoms with Crippen LogP contribution in [0.15, 0.2) is 84.9 Å². The molecule has 1 heterocycles. The number of nitrogens with one attached hydrogen (secondary N) is 3. The fourth-order valence-corrected chi connectivity index (χ4v) is 7.16. The van der Waals surface area contributed by atoms with Crippen molar-refractivity contribution in [1.82, 2.24) is 9.80 Å². The van der Waals surface area contributed by atoms with E-state index in [2.05, 4.69) is 16.0 Å². The van der Waals surface area contributed by atoms with Crippen molar-refractivity contribution in [2.75, 3.05) is 55.0 Å². The number of aliphatic hydroxyl groups excluding tert-OH is 1. The van der Waals surface area contributed by atoms with Crippen molar-refractivity contribution in [2.45, 2.75) is 90.4 Å². The standard InChI is InChI=1S/C46H60N6O7/c1-31-28-52(32(2)30-53)45(56)37-27-35(48-43(54)22-6-5-7-23-44(55)49-40-20-11-10-19-38(40)47)24-25-41(37)59-33(3)15-12-13-26-58-42(31)29-51(4)46(57)50-39-21-14-17-34-16-8-9-18-36(34)39/h8-11,14,16-21,24-25,27,31-33,42,53H,5-7,12-13,15,22-23,26,28-30,47H2,1-4H3,(H,48,54)(H,49,55)(H,50,57)/t31-,32+,33+,42-/m0/s1. The molecule has 0 saturated heterocycles. The molecular formula is C46H60N6O7. The molecule has 4 aromatic rings. The number of carbonyl (C=O) groups is 4. The summed E-state index contributed by atoms with van der Waals surface area (Å²) in [5, 5.41) is 21.1. The molecule has 0 spiro atoms. The van der Waals surface area contributed by atoms with Crippen molar-refractivity contribution in [3.8, 4) is 5.75 Å². The summed E-state index contributed by atoms with van der Waals surface area (Å²) in [5.74, 6) is -0.541. The van der Waals surface area contributed by atoms with E-state index in [9.17, 15) is 24.3 Å². The van der Waals surface area contributed by atoms with Gasteiger partial charge in [-0.15, -0.1) is 0 Å². The van der Waals surface area contributed by atoms with Crippen LogP contribution >= 0.6 is 0 Å². The molecule has 0 aromatic heterocycles. The van der Waals surface area contributed by atoms with E-state index < -0.39 is 12.1 Å². The minimum absolute atomic E-state index is 0.132. The number of rotatable bonds is 13. The number of para-hydroxylation sites is 2. The SMILES string of the molecule is C[C@@H]1CCCCO[C@@H](CN(C)C(=O)Nc2cccc3ccccc23)[C@@H](C)CN([C@H](C)CO)C(=O)c2cc(NC(=O)CCCCCC(=O)Nc3ccccc3N)ccc2O1. The summed E-state index contributed by atoms with van der Waals surface area (Å²) in [6.07, 6.45) is 4.15. The number of nitrogen functional groups attached to an aromatic ring is 1. The first-order valence-corrected chi connectivity index (χ1v) is 20.7. The molecule has 0 aliphatic carbocycles. The number of benzene rings is 4. The number of likely N-dealkylation sites (N-methyl/N-ethyl adjacent to an activating group) is 1. The van der Waals surface area contributed by atoms with Crippen molar-refractivity contribution in [3.63, 3.8) is 0 Å². The van der Waals surface area contributed by atoms with Crippen molar-refractivity contribution in [2.24, 2.45) is 5.92 Å². The number of urea groups is 1. The molecular weight excluding hydrogens is 749 g/mol. The first-order chi connectivity index (χ1) is 28.4. The van der Waals surface area contributed by atoms with Crippen LogP contribution in [0.2, 0.25) is 0 Å². The summed E-state index contributed by atoms with van der Waals surface area (Å²) in [6, 6.07) is 25.0. The number of ether oxygens (including phenoxy) is 2. The molecule has 0 saturated carbocycles. The van der Waals surface area contributed by atoms with Gasteiger partial charge in [0.1, 0.15) is 5.75 Å². The van der Waals surface area contributed by atoms with Gasteiger partial charge in [-0.3, -0.25) is 14.4 Å². The molecule has 59 heavy (non-hydrogen) atoms. The molecule has 13 heteroatoms. The van der Waals surface area contributed by atoms with Crippen molar-refractivity contribution in [3.05, 3.63) is 90.5 Å². The van der Waals surface area contributed by atoms with E-state index in [1.54, 1.807) is 60.2 Å². The van der Waals surface area contributed by atoms with Crippen LogP contribution in [-0.4, -0.2) is 90.3 Å². The Morgan fingerprint density at radius 3 is 2.34 bits per heavy atom. The Morgan fingerprint density at radius 2 is 1.58 bits per heavy atom. The van der Waals surface area contributed by atoms with Gasteiger partial charge in [0, 0.05) is 56.6 Å². The van der Waals surface area contributed by atoms with Crippen LogP contribution in [0, 0.1) is 5.92 Å². The molecule has 1 aliphatic rings. The van der Waals surface area contributed by atoms with Crippen LogP contribution in [-0.2, 0) is 14.3 Å². The lowest BCUT2D eigenvalue weighted by Crippen LogP contribution is -2.48. The number of carbonyl (C=O) groups excluding carboxylic acids is 4. The summed E-state index contributed by atoms with van der Waals surface area (Å²) in [5.41, 5.74) is 8.44. The van der Waals surface area contributed by atoms with Gasteiger partial charge in [0.05, 0.1) is 47.5 Å². The lowest BCUT2D eigenvalue weighted by Gasteiger charge is -2.35. The van der Waals surface area contributed by atoms with E-state index in [-0.39, 0.29) is 67.5 Å². The van der Waals surface area contributed by atoms with Gasteiger partial charge in [0.25, 0.3) is 5.91 Å². The molecule has 0 fully saturated rings. The molecule has 0 unspecified atom stereocenters. The first-order valence-electron chi connectivity index (χ1n) is 20.7. The molecule has 316 valence electrons. The molecule has 4 atom stereocenters. The van der Waals surface area contributed by atoms with Crippen LogP contribution in [0.1, 0.15) is 82.5 Å². The minimum atomic E-state index is -0.554. The Bertz CT molecular complexity index is 2040. The van der Waals surface area contributed by atoms with Gasteiger partial charge in [-0.25, -0.2) is 4.79 Å². The Balaban J connectivity index is 1.24. The maximum absolute atomic E-state index is 14.5. The summed E-state index contributed by atoms with van der Waals surface area (Å²) in [7, 11) is 1.73. The molecule has 0 radical (unpaired) electrons. The Kier molecular flexibility index (Phi) is 16.5. The zero-order chi connectivity index (χ0) is 42.3. The number of hydrogen-bond acceptors (Lipinski definition) is 8. The fourth-order valence-electron chi connectivity index (χ4n) is 7.16. The van der Waals surface area contributed by atoms with Gasteiger partial charge in [-0.1, -0.05) is 61.9 Å². The second kappa shape index (κ2) is 21.9. The molecule has 6 N–H and O–H groups in total. The van der Waals surface area contributed by atoms with Crippen molar-refractivity contribution < 1.29 is 33.8 Å². The average molecular weight is 809 g/mol. The average Bonchev–Trinajstić information content (AvgIpc) is 3.22. The highest BCUT2D eigenvalue weighted by Gasteiger charge is 2.31. The summed E-state index contributed by atoms with van der Waals surface area (Å²) < 4.78 is 12.8.